The van der Waals surface area contributed by atoms with Crippen LogP contribution in [0.15, 0.2) is 60.9 Å². The van der Waals surface area contributed by atoms with Gasteiger partial charge in [-0.1, -0.05) is 23.7 Å². The molecule has 3 aromatic rings. The van der Waals surface area contributed by atoms with Crippen LogP contribution in [0.3, 0.4) is 0 Å². The molecule has 116 valence electrons. The Bertz CT molecular complexity index is 820. The number of carbonyl (C=O) groups excluding carboxylic acids is 1. The summed E-state index contributed by atoms with van der Waals surface area (Å²) in [4.78, 5) is 18.7. The van der Waals surface area contributed by atoms with Crippen molar-refractivity contribution in [1.82, 2.24) is 4.98 Å². The summed E-state index contributed by atoms with van der Waals surface area (Å²) in [5.74, 6) is 0.0683. The minimum absolute atomic E-state index is 0.419. The van der Waals surface area contributed by atoms with Crippen molar-refractivity contribution < 1.29 is 9.53 Å². The van der Waals surface area contributed by atoms with Gasteiger partial charge in [-0.25, -0.2) is 4.79 Å². The molecule has 4 nitrogen and oxygen atoms in total. The van der Waals surface area contributed by atoms with Crippen LogP contribution in [0, 0.1) is 0 Å². The minimum Gasteiger partial charge on any atom is -0.420 e. The van der Waals surface area contributed by atoms with E-state index in [0.29, 0.717) is 15.0 Å². The molecular weight excluding hydrogens is 332 g/mol. The number of pyridine rings is 1. The van der Waals surface area contributed by atoms with Gasteiger partial charge in [0.05, 0.1) is 10.0 Å². The molecule has 0 amide bonds. The second kappa shape index (κ2) is 6.81. The van der Waals surface area contributed by atoms with E-state index in [-0.39, 0.29) is 0 Å². The van der Waals surface area contributed by atoms with Gasteiger partial charge >= 0.3 is 5.97 Å². The van der Waals surface area contributed by atoms with E-state index in [1.807, 2.05) is 42.3 Å². The van der Waals surface area contributed by atoms with E-state index < -0.39 is 5.97 Å². The molecule has 0 bridgehead atoms. The van der Waals surface area contributed by atoms with Crippen LogP contribution in [0.4, 0.5) is 11.4 Å². The van der Waals surface area contributed by atoms with Gasteiger partial charge in [0.2, 0.25) is 0 Å². The molecule has 2 heterocycles. The molecular formula is C17H13ClN2O2S. The van der Waals surface area contributed by atoms with Crippen LogP contribution >= 0.6 is 22.9 Å². The molecule has 0 unspecified atom stereocenters. The Hall–Kier alpha value is -2.37. The number of esters is 1. The summed E-state index contributed by atoms with van der Waals surface area (Å²) < 4.78 is 6.10. The number of hydrogen-bond acceptors (Lipinski definition) is 5. The normalized spacial score (nSPS) is 10.3. The summed E-state index contributed by atoms with van der Waals surface area (Å²) in [5, 5.41) is 0. The predicted molar refractivity (Wildman–Crippen MR) is 93.0 cm³/mol. The van der Waals surface area contributed by atoms with Crippen LogP contribution in [-0.2, 0) is 0 Å². The van der Waals surface area contributed by atoms with Crippen molar-refractivity contribution in [3.63, 3.8) is 0 Å². The second-order valence-electron chi connectivity index (χ2n) is 4.73. The highest BCUT2D eigenvalue weighted by molar-refractivity contribution is 7.17. The summed E-state index contributed by atoms with van der Waals surface area (Å²) in [6, 6.07) is 14.5. The lowest BCUT2D eigenvalue weighted by atomic mass is 10.2. The van der Waals surface area contributed by atoms with Gasteiger partial charge in [0.15, 0.2) is 5.75 Å². The molecule has 0 aliphatic heterocycles. The molecule has 0 spiro atoms. The number of hydrogen-bond donors (Lipinski definition) is 0. The Balaban J connectivity index is 1.87. The lowest BCUT2D eigenvalue weighted by Gasteiger charge is -2.21. The summed E-state index contributed by atoms with van der Waals surface area (Å²) in [7, 11) is 1.91. The van der Waals surface area contributed by atoms with Crippen LogP contribution < -0.4 is 9.64 Å². The fraction of sp³-hybridized carbons (Fsp3) is 0.0588. The smallest absolute Gasteiger partial charge is 0.353 e. The van der Waals surface area contributed by atoms with E-state index in [1.165, 1.54) is 11.3 Å². The Labute approximate surface area is 142 Å². The van der Waals surface area contributed by atoms with E-state index in [2.05, 4.69) is 4.98 Å². The Kier molecular flexibility index (Phi) is 4.60. The number of anilines is 2. The fourth-order valence-electron chi connectivity index (χ4n) is 2.10. The zero-order chi connectivity index (χ0) is 16.2. The van der Waals surface area contributed by atoms with Gasteiger partial charge < -0.3 is 9.64 Å². The van der Waals surface area contributed by atoms with Gasteiger partial charge in [-0.05, 0) is 36.4 Å². The number of rotatable bonds is 4. The van der Waals surface area contributed by atoms with Gasteiger partial charge in [0.25, 0.3) is 0 Å². The fourth-order valence-corrected chi connectivity index (χ4v) is 3.02. The Morgan fingerprint density at radius 2 is 1.87 bits per heavy atom. The maximum atomic E-state index is 12.2. The van der Waals surface area contributed by atoms with E-state index in [4.69, 9.17) is 16.3 Å². The quantitative estimate of drug-likeness (QED) is 0.504. The average molecular weight is 345 g/mol. The first-order valence-corrected chi connectivity index (χ1v) is 8.05. The monoisotopic (exact) mass is 344 g/mol. The Morgan fingerprint density at radius 3 is 2.57 bits per heavy atom. The predicted octanol–water partition coefficient (Wildman–Crippen LogP) is 4.78. The van der Waals surface area contributed by atoms with E-state index in [0.717, 1.165) is 11.4 Å². The van der Waals surface area contributed by atoms with Gasteiger partial charge in [-0.3, -0.25) is 4.98 Å². The SMILES string of the molecule is CN(c1ccncc1)c1ccccc1OC(=O)c1ccc(Cl)s1. The summed E-state index contributed by atoms with van der Waals surface area (Å²) in [6.07, 6.45) is 3.43. The van der Waals surface area contributed by atoms with Crippen molar-refractivity contribution in [2.75, 3.05) is 11.9 Å². The zero-order valence-corrected chi connectivity index (χ0v) is 13.8. The van der Waals surface area contributed by atoms with Crippen molar-refractivity contribution >= 4 is 40.3 Å². The molecule has 0 fully saturated rings. The first-order valence-electron chi connectivity index (χ1n) is 6.85. The number of benzene rings is 1. The van der Waals surface area contributed by atoms with Gasteiger partial charge in [-0.2, -0.15) is 0 Å². The van der Waals surface area contributed by atoms with E-state index in [9.17, 15) is 4.79 Å². The number of aromatic nitrogens is 1. The summed E-state index contributed by atoms with van der Waals surface area (Å²) in [6.45, 7) is 0. The first kappa shape index (κ1) is 15.5. The Morgan fingerprint density at radius 1 is 1.13 bits per heavy atom. The molecule has 23 heavy (non-hydrogen) atoms. The van der Waals surface area contributed by atoms with Crippen molar-refractivity contribution in [3.8, 4) is 5.75 Å². The topological polar surface area (TPSA) is 42.4 Å². The summed E-state index contributed by atoms with van der Waals surface area (Å²) in [5.41, 5.74) is 1.73. The number of halogens is 1. The minimum atomic E-state index is -0.419. The molecule has 0 N–H and O–H groups in total. The molecule has 3 rings (SSSR count). The number of carbonyl (C=O) groups is 1. The van der Waals surface area contributed by atoms with Crippen LogP contribution in [0.1, 0.15) is 9.67 Å². The zero-order valence-electron chi connectivity index (χ0n) is 12.3. The molecule has 0 aliphatic carbocycles. The van der Waals surface area contributed by atoms with Crippen LogP contribution in [-0.4, -0.2) is 18.0 Å². The van der Waals surface area contributed by atoms with Crippen LogP contribution in [0.2, 0.25) is 4.34 Å². The highest BCUT2D eigenvalue weighted by Crippen LogP contribution is 2.33. The van der Waals surface area contributed by atoms with E-state index >= 15 is 0 Å². The van der Waals surface area contributed by atoms with Crippen molar-refractivity contribution in [1.29, 1.82) is 0 Å². The maximum absolute atomic E-state index is 12.2. The summed E-state index contributed by atoms with van der Waals surface area (Å²) >= 11 is 7.06. The number of nitrogens with zero attached hydrogens (tertiary/aromatic N) is 2. The standard InChI is InChI=1S/C17H13ClN2O2S/c1-20(12-8-10-19-11-9-12)13-4-2-3-5-14(13)22-17(21)15-6-7-16(18)23-15/h2-11H,1H3. The highest BCUT2D eigenvalue weighted by Gasteiger charge is 2.16. The highest BCUT2D eigenvalue weighted by atomic mass is 35.5. The van der Waals surface area contributed by atoms with Crippen molar-refractivity contribution in [3.05, 3.63) is 70.1 Å². The third kappa shape index (κ3) is 3.52. The molecule has 1 aromatic carbocycles. The van der Waals surface area contributed by atoms with Gasteiger partial charge in [0.1, 0.15) is 4.88 Å². The molecule has 0 atom stereocenters. The average Bonchev–Trinajstić information content (AvgIpc) is 3.02. The molecule has 6 heteroatoms. The molecule has 0 radical (unpaired) electrons. The van der Waals surface area contributed by atoms with Gasteiger partial charge in [0, 0.05) is 25.1 Å². The molecule has 0 aliphatic rings. The third-order valence-electron chi connectivity index (χ3n) is 3.25. The first-order chi connectivity index (χ1) is 11.1. The van der Waals surface area contributed by atoms with Gasteiger partial charge in [-0.15, -0.1) is 11.3 Å². The molecule has 0 saturated carbocycles. The van der Waals surface area contributed by atoms with Crippen LogP contribution in [0.5, 0.6) is 5.75 Å². The molecule has 2 aromatic heterocycles. The lowest BCUT2D eigenvalue weighted by molar-refractivity contribution is 0.0740. The maximum Gasteiger partial charge on any atom is 0.353 e. The number of para-hydroxylation sites is 2. The van der Waals surface area contributed by atoms with E-state index in [1.54, 1.807) is 30.6 Å². The molecule has 0 saturated heterocycles. The lowest BCUT2D eigenvalue weighted by Crippen LogP contribution is -2.13. The second-order valence-corrected chi connectivity index (χ2v) is 6.44. The number of ether oxygens (including phenoxy) is 1. The van der Waals surface area contributed by atoms with Crippen molar-refractivity contribution in [2.24, 2.45) is 0 Å². The largest absolute Gasteiger partial charge is 0.420 e. The van der Waals surface area contributed by atoms with Crippen LogP contribution in [0.25, 0.3) is 0 Å². The third-order valence-corrected chi connectivity index (χ3v) is 4.46. The number of thiophene rings is 1. The van der Waals surface area contributed by atoms with Crippen molar-refractivity contribution in [2.45, 2.75) is 0 Å².